The number of unbranched alkanes of at least 4 members (excludes halogenated alkanes) is 8. The summed E-state index contributed by atoms with van der Waals surface area (Å²) in [4.78, 5) is 4.44. The fourth-order valence-corrected chi connectivity index (χ4v) is 1.65. The van der Waals surface area contributed by atoms with E-state index < -0.39 is 0 Å². The van der Waals surface area contributed by atoms with E-state index in [9.17, 15) is 0 Å². The summed E-state index contributed by atoms with van der Waals surface area (Å²) >= 11 is 0. The van der Waals surface area contributed by atoms with E-state index in [4.69, 9.17) is 0 Å². The van der Waals surface area contributed by atoms with Crippen molar-refractivity contribution in [3.63, 3.8) is 0 Å². The van der Waals surface area contributed by atoms with Crippen LogP contribution in [0.4, 0.5) is 0 Å². The molecule has 0 rings (SSSR count). The Morgan fingerprint density at radius 1 is 0.733 bits per heavy atom. The van der Waals surface area contributed by atoms with Crippen LogP contribution in [0.2, 0.25) is 0 Å². The maximum Gasteiger partial charge on any atom is 0.0385 e. The number of aliphatic imine (C=N–C) groups is 1. The molecular formula is C14H29N. The Morgan fingerprint density at radius 2 is 1.33 bits per heavy atom. The third kappa shape index (κ3) is 13.7. The van der Waals surface area contributed by atoms with Crippen molar-refractivity contribution < 1.29 is 0 Å². The van der Waals surface area contributed by atoms with Crippen molar-refractivity contribution in [2.24, 2.45) is 4.99 Å². The van der Waals surface area contributed by atoms with Gasteiger partial charge in [0.15, 0.2) is 0 Å². The molecule has 0 N–H and O–H groups in total. The largest absolute Gasteiger partial charge is 0.298 e. The predicted molar refractivity (Wildman–Crippen MR) is 70.9 cm³/mol. The molecule has 0 bridgehead atoms. The van der Waals surface area contributed by atoms with Crippen molar-refractivity contribution in [2.45, 2.75) is 78.1 Å². The molecule has 1 heteroatoms. The van der Waals surface area contributed by atoms with Crippen molar-refractivity contribution >= 4 is 6.21 Å². The van der Waals surface area contributed by atoms with Gasteiger partial charge >= 0.3 is 0 Å². The second kappa shape index (κ2) is 13.7. The first-order valence-electron chi connectivity index (χ1n) is 6.90. The molecule has 0 amide bonds. The summed E-state index contributed by atoms with van der Waals surface area (Å²) < 4.78 is 0. The van der Waals surface area contributed by atoms with E-state index in [1.54, 1.807) is 0 Å². The molecule has 1 nitrogen and oxygen atoms in total. The van der Waals surface area contributed by atoms with Gasteiger partial charge in [-0.2, -0.15) is 0 Å². The quantitative estimate of drug-likeness (QED) is 0.337. The Balaban J connectivity index is 2.97. The van der Waals surface area contributed by atoms with E-state index in [-0.39, 0.29) is 0 Å². The summed E-state index contributed by atoms with van der Waals surface area (Å²) in [6, 6.07) is 0. The summed E-state index contributed by atoms with van der Waals surface area (Å²) in [5.41, 5.74) is 0. The lowest BCUT2D eigenvalue weighted by atomic mass is 10.1. The molecule has 90 valence electrons. The average Bonchev–Trinajstić information content (AvgIpc) is 2.26. The van der Waals surface area contributed by atoms with Gasteiger partial charge in [-0.25, -0.2) is 0 Å². The highest BCUT2D eigenvalue weighted by atomic mass is 14.7. The molecule has 15 heavy (non-hydrogen) atoms. The van der Waals surface area contributed by atoms with Gasteiger partial charge in [-0.1, -0.05) is 58.8 Å². The second-order valence-corrected chi connectivity index (χ2v) is 4.35. The van der Waals surface area contributed by atoms with Crippen molar-refractivity contribution in [1.29, 1.82) is 0 Å². The SMILES string of the molecule is CCCCCCCC=NCCCCCC. The summed E-state index contributed by atoms with van der Waals surface area (Å²) in [7, 11) is 0. The van der Waals surface area contributed by atoms with Gasteiger partial charge in [-0.3, -0.25) is 4.99 Å². The molecule has 0 unspecified atom stereocenters. The van der Waals surface area contributed by atoms with Crippen molar-refractivity contribution in [3.05, 3.63) is 0 Å². The summed E-state index contributed by atoms with van der Waals surface area (Å²) in [5, 5.41) is 0. The van der Waals surface area contributed by atoms with Gasteiger partial charge in [-0.05, 0) is 25.5 Å². The molecule has 0 saturated heterocycles. The molecule has 0 aliphatic heterocycles. The van der Waals surface area contributed by atoms with Gasteiger partial charge < -0.3 is 0 Å². The first-order chi connectivity index (χ1) is 7.41. The molecule has 0 aliphatic rings. The highest BCUT2D eigenvalue weighted by Gasteiger charge is 1.87. The lowest BCUT2D eigenvalue weighted by Crippen LogP contribution is -1.84. The number of nitrogens with zero attached hydrogens (tertiary/aromatic N) is 1. The Kier molecular flexibility index (Phi) is 13.4. The second-order valence-electron chi connectivity index (χ2n) is 4.35. The molecule has 0 atom stereocenters. The zero-order valence-electron chi connectivity index (χ0n) is 10.8. The van der Waals surface area contributed by atoms with Gasteiger partial charge in [0.2, 0.25) is 0 Å². The lowest BCUT2D eigenvalue weighted by molar-refractivity contribution is 0.643. The van der Waals surface area contributed by atoms with Crippen molar-refractivity contribution in [3.8, 4) is 0 Å². The molecule has 0 radical (unpaired) electrons. The minimum atomic E-state index is 1.05. The molecule has 0 aliphatic carbocycles. The van der Waals surface area contributed by atoms with Crippen molar-refractivity contribution in [1.82, 2.24) is 0 Å². The van der Waals surface area contributed by atoms with Crippen LogP contribution in [0.5, 0.6) is 0 Å². The molecule has 0 aromatic carbocycles. The number of rotatable bonds is 11. The Labute approximate surface area is 96.4 Å². The van der Waals surface area contributed by atoms with Crippen LogP contribution in [0.25, 0.3) is 0 Å². The van der Waals surface area contributed by atoms with E-state index >= 15 is 0 Å². The third-order valence-corrected chi connectivity index (χ3v) is 2.71. The smallest absolute Gasteiger partial charge is 0.0385 e. The average molecular weight is 211 g/mol. The minimum absolute atomic E-state index is 1.05. The maximum absolute atomic E-state index is 4.44. The van der Waals surface area contributed by atoms with Gasteiger partial charge in [0.05, 0.1) is 0 Å². The first kappa shape index (κ1) is 14.7. The van der Waals surface area contributed by atoms with Crippen LogP contribution in [-0.4, -0.2) is 12.8 Å². The van der Waals surface area contributed by atoms with Crippen LogP contribution in [0, 0.1) is 0 Å². The van der Waals surface area contributed by atoms with Gasteiger partial charge in [0.25, 0.3) is 0 Å². The monoisotopic (exact) mass is 211 g/mol. The van der Waals surface area contributed by atoms with Gasteiger partial charge in [-0.15, -0.1) is 0 Å². The minimum Gasteiger partial charge on any atom is -0.298 e. The fourth-order valence-electron chi connectivity index (χ4n) is 1.65. The summed E-state index contributed by atoms with van der Waals surface area (Å²) in [6.45, 7) is 5.56. The number of hydrogen-bond acceptors (Lipinski definition) is 1. The topological polar surface area (TPSA) is 12.4 Å². The third-order valence-electron chi connectivity index (χ3n) is 2.71. The molecular weight excluding hydrogens is 182 g/mol. The van der Waals surface area contributed by atoms with E-state index in [0.29, 0.717) is 0 Å². The van der Waals surface area contributed by atoms with Crippen LogP contribution >= 0.6 is 0 Å². The molecule has 0 spiro atoms. The van der Waals surface area contributed by atoms with Gasteiger partial charge in [0, 0.05) is 6.54 Å². The lowest BCUT2D eigenvalue weighted by Gasteiger charge is -1.96. The Hall–Kier alpha value is -0.330. The molecule has 0 aromatic heterocycles. The Morgan fingerprint density at radius 3 is 2.00 bits per heavy atom. The van der Waals surface area contributed by atoms with Gasteiger partial charge in [0.1, 0.15) is 0 Å². The molecule has 0 saturated carbocycles. The fraction of sp³-hybridized carbons (Fsp3) is 0.929. The van der Waals surface area contributed by atoms with Crippen LogP contribution in [-0.2, 0) is 0 Å². The summed E-state index contributed by atoms with van der Waals surface area (Å²) in [5.74, 6) is 0. The van der Waals surface area contributed by atoms with E-state index in [2.05, 4.69) is 25.1 Å². The van der Waals surface area contributed by atoms with Crippen LogP contribution < -0.4 is 0 Å². The molecule has 0 aromatic rings. The standard InChI is InChI=1S/C14H29N/c1-3-5-7-9-10-12-14-15-13-11-8-6-4-2/h14H,3-13H2,1-2H3. The zero-order valence-corrected chi connectivity index (χ0v) is 10.8. The number of hydrogen-bond donors (Lipinski definition) is 0. The van der Waals surface area contributed by atoms with E-state index in [1.807, 2.05) is 0 Å². The predicted octanol–water partition coefficient (Wildman–Crippen LogP) is 5.00. The van der Waals surface area contributed by atoms with Crippen molar-refractivity contribution in [2.75, 3.05) is 6.54 Å². The van der Waals surface area contributed by atoms with E-state index in [1.165, 1.54) is 64.2 Å². The summed E-state index contributed by atoms with van der Waals surface area (Å²) in [6.07, 6.45) is 15.5. The van der Waals surface area contributed by atoms with Crippen LogP contribution in [0.1, 0.15) is 78.1 Å². The van der Waals surface area contributed by atoms with Crippen LogP contribution in [0.3, 0.4) is 0 Å². The highest BCUT2D eigenvalue weighted by Crippen LogP contribution is 2.04. The maximum atomic E-state index is 4.44. The zero-order chi connectivity index (χ0) is 11.2. The first-order valence-corrected chi connectivity index (χ1v) is 6.90. The molecule has 0 fully saturated rings. The van der Waals surface area contributed by atoms with E-state index in [0.717, 1.165) is 6.54 Å². The molecule has 0 heterocycles. The Bertz CT molecular complexity index is 129. The highest BCUT2D eigenvalue weighted by molar-refractivity contribution is 5.56. The normalized spacial score (nSPS) is 11.3. The van der Waals surface area contributed by atoms with Crippen LogP contribution in [0.15, 0.2) is 4.99 Å².